The third-order valence-corrected chi connectivity index (χ3v) is 3.92. The predicted molar refractivity (Wildman–Crippen MR) is 85.0 cm³/mol. The number of rotatable bonds is 9. The van der Waals surface area contributed by atoms with Gasteiger partial charge in [0.05, 0.1) is 7.11 Å². The highest BCUT2D eigenvalue weighted by atomic mass is 32.2. The van der Waals surface area contributed by atoms with Crippen molar-refractivity contribution in [1.29, 1.82) is 0 Å². The number of nitrogens with one attached hydrogen (secondary N) is 1. The summed E-state index contributed by atoms with van der Waals surface area (Å²) in [6, 6.07) is 8.62. The van der Waals surface area contributed by atoms with E-state index in [9.17, 15) is 4.79 Å². The molecule has 3 nitrogen and oxygen atoms in total. The summed E-state index contributed by atoms with van der Waals surface area (Å²) >= 11 is 1.78. The van der Waals surface area contributed by atoms with Gasteiger partial charge in [0.2, 0.25) is 0 Å². The Kier molecular flexibility index (Phi) is 8.38. The summed E-state index contributed by atoms with van der Waals surface area (Å²) in [5, 5.41) is 3.43. The van der Waals surface area contributed by atoms with Gasteiger partial charge in [0.1, 0.15) is 0 Å². The van der Waals surface area contributed by atoms with Crippen LogP contribution in [-0.2, 0) is 16.1 Å². The number of thioether (sulfide) groups is 1. The zero-order valence-electron chi connectivity index (χ0n) is 12.6. The summed E-state index contributed by atoms with van der Waals surface area (Å²) in [7, 11) is 1.43. The maximum Gasteiger partial charge on any atom is 0.305 e. The van der Waals surface area contributed by atoms with Crippen molar-refractivity contribution in [3.05, 3.63) is 29.8 Å². The molecule has 0 heterocycles. The first-order chi connectivity index (χ1) is 9.61. The van der Waals surface area contributed by atoms with Gasteiger partial charge in [0, 0.05) is 17.9 Å². The largest absolute Gasteiger partial charge is 0.469 e. The first-order valence-corrected chi connectivity index (χ1v) is 8.09. The molecule has 0 atom stereocenters. The van der Waals surface area contributed by atoms with Gasteiger partial charge in [-0.1, -0.05) is 26.0 Å². The first kappa shape index (κ1) is 17.1. The molecule has 0 aliphatic heterocycles. The average molecular weight is 295 g/mol. The van der Waals surface area contributed by atoms with E-state index in [1.807, 2.05) is 0 Å². The van der Waals surface area contributed by atoms with Crippen molar-refractivity contribution in [3.63, 3.8) is 0 Å². The molecule has 1 N–H and O–H groups in total. The Balaban J connectivity index is 2.23. The highest BCUT2D eigenvalue weighted by Gasteiger charge is 2.01. The number of methoxy groups -OCH3 is 1. The number of carbonyl (C=O) groups is 1. The molecule has 0 spiro atoms. The monoisotopic (exact) mass is 295 g/mol. The molecule has 0 aromatic heterocycles. The molecular formula is C16H25NO2S. The Hall–Kier alpha value is -1.00. The Labute approximate surface area is 126 Å². The van der Waals surface area contributed by atoms with E-state index in [0.717, 1.165) is 25.3 Å². The quantitative estimate of drug-likeness (QED) is 0.430. The lowest BCUT2D eigenvalue weighted by Gasteiger charge is -2.08. The van der Waals surface area contributed by atoms with Crippen LogP contribution >= 0.6 is 11.8 Å². The Morgan fingerprint density at radius 2 is 2.00 bits per heavy atom. The Bertz CT molecular complexity index is 390. The van der Waals surface area contributed by atoms with E-state index in [1.165, 1.54) is 17.6 Å². The van der Waals surface area contributed by atoms with E-state index >= 15 is 0 Å². The molecule has 1 aromatic rings. The summed E-state index contributed by atoms with van der Waals surface area (Å²) < 4.78 is 4.62. The van der Waals surface area contributed by atoms with Crippen molar-refractivity contribution in [2.24, 2.45) is 5.92 Å². The van der Waals surface area contributed by atoms with Gasteiger partial charge in [0.25, 0.3) is 0 Å². The molecule has 4 heteroatoms. The summed E-state index contributed by atoms with van der Waals surface area (Å²) in [6.07, 6.45) is 1.36. The molecule has 1 rings (SSSR count). The average Bonchev–Trinajstić information content (AvgIpc) is 2.44. The van der Waals surface area contributed by atoms with Crippen molar-refractivity contribution < 1.29 is 9.53 Å². The van der Waals surface area contributed by atoms with Crippen LogP contribution in [0.3, 0.4) is 0 Å². The van der Waals surface area contributed by atoms with Crippen molar-refractivity contribution >= 4 is 17.7 Å². The number of hydrogen-bond acceptors (Lipinski definition) is 4. The molecule has 0 bridgehead atoms. The van der Waals surface area contributed by atoms with Gasteiger partial charge in [-0.05, 0) is 42.3 Å². The molecule has 0 amide bonds. The molecule has 20 heavy (non-hydrogen) atoms. The van der Waals surface area contributed by atoms with Gasteiger partial charge in [-0.2, -0.15) is 0 Å². The van der Waals surface area contributed by atoms with Crippen molar-refractivity contribution in [2.75, 3.05) is 19.4 Å². The number of ether oxygens (including phenoxy) is 1. The van der Waals surface area contributed by atoms with Crippen LogP contribution in [0.4, 0.5) is 0 Å². The molecule has 0 aliphatic rings. The Morgan fingerprint density at radius 1 is 1.30 bits per heavy atom. The van der Waals surface area contributed by atoms with Gasteiger partial charge < -0.3 is 10.1 Å². The number of benzene rings is 1. The van der Waals surface area contributed by atoms with E-state index in [1.54, 1.807) is 11.8 Å². The zero-order chi connectivity index (χ0) is 14.8. The summed E-state index contributed by atoms with van der Waals surface area (Å²) in [5.74, 6) is 1.50. The maximum atomic E-state index is 11.0. The normalized spacial score (nSPS) is 10.8. The van der Waals surface area contributed by atoms with Gasteiger partial charge in [-0.25, -0.2) is 0 Å². The van der Waals surface area contributed by atoms with Gasteiger partial charge >= 0.3 is 5.97 Å². The lowest BCUT2D eigenvalue weighted by atomic mass is 10.2. The smallest absolute Gasteiger partial charge is 0.305 e. The SMILES string of the molecule is COC(=O)CCCSc1ccc(CNCC(C)C)cc1. The fourth-order valence-corrected chi connectivity index (χ4v) is 2.57. The third-order valence-electron chi connectivity index (χ3n) is 2.83. The van der Waals surface area contributed by atoms with Crippen LogP contribution in [0.2, 0.25) is 0 Å². The molecule has 1 aromatic carbocycles. The standard InChI is InChI=1S/C16H25NO2S/c1-13(2)11-17-12-14-6-8-15(9-7-14)20-10-4-5-16(18)19-3/h6-9,13,17H,4-5,10-12H2,1-3H3. The predicted octanol–water partition coefficient (Wildman–Crippen LogP) is 3.48. The lowest BCUT2D eigenvalue weighted by molar-refractivity contribution is -0.140. The van der Waals surface area contributed by atoms with Crippen LogP contribution in [0.5, 0.6) is 0 Å². The highest BCUT2D eigenvalue weighted by molar-refractivity contribution is 7.99. The fourth-order valence-electron chi connectivity index (χ4n) is 1.72. The Morgan fingerprint density at radius 3 is 2.60 bits per heavy atom. The van der Waals surface area contributed by atoms with Crippen LogP contribution in [0.15, 0.2) is 29.2 Å². The minimum atomic E-state index is -0.128. The minimum absolute atomic E-state index is 0.128. The molecule has 0 aliphatic carbocycles. The second kappa shape index (κ2) is 9.83. The number of carbonyl (C=O) groups excluding carboxylic acids is 1. The maximum absolute atomic E-state index is 11.0. The summed E-state index contributed by atoms with van der Waals surface area (Å²) in [5.41, 5.74) is 1.31. The second-order valence-corrected chi connectivity index (χ2v) is 6.37. The topological polar surface area (TPSA) is 38.3 Å². The second-order valence-electron chi connectivity index (χ2n) is 5.20. The number of hydrogen-bond donors (Lipinski definition) is 1. The van der Waals surface area contributed by atoms with E-state index in [2.05, 4.69) is 48.2 Å². The molecule has 112 valence electrons. The van der Waals surface area contributed by atoms with E-state index in [0.29, 0.717) is 12.3 Å². The fraction of sp³-hybridized carbons (Fsp3) is 0.562. The molecule has 0 fully saturated rings. The van der Waals surface area contributed by atoms with Crippen LogP contribution in [0, 0.1) is 5.92 Å². The molecular weight excluding hydrogens is 270 g/mol. The summed E-state index contributed by atoms with van der Waals surface area (Å²) in [4.78, 5) is 12.2. The third kappa shape index (κ3) is 7.56. The first-order valence-electron chi connectivity index (χ1n) is 7.11. The van der Waals surface area contributed by atoms with E-state index in [4.69, 9.17) is 0 Å². The van der Waals surface area contributed by atoms with Crippen LogP contribution in [-0.4, -0.2) is 25.4 Å². The van der Waals surface area contributed by atoms with Gasteiger partial charge in [-0.3, -0.25) is 4.79 Å². The summed E-state index contributed by atoms with van der Waals surface area (Å²) in [6.45, 7) is 6.39. The lowest BCUT2D eigenvalue weighted by Crippen LogP contribution is -2.18. The molecule has 0 radical (unpaired) electrons. The highest BCUT2D eigenvalue weighted by Crippen LogP contribution is 2.19. The van der Waals surface area contributed by atoms with Crippen molar-refractivity contribution in [3.8, 4) is 0 Å². The van der Waals surface area contributed by atoms with Crippen molar-refractivity contribution in [1.82, 2.24) is 5.32 Å². The molecule has 0 unspecified atom stereocenters. The molecule has 0 saturated heterocycles. The van der Waals surface area contributed by atoms with Gasteiger partial charge in [-0.15, -0.1) is 11.8 Å². The zero-order valence-corrected chi connectivity index (χ0v) is 13.5. The van der Waals surface area contributed by atoms with Crippen LogP contribution in [0.1, 0.15) is 32.3 Å². The van der Waals surface area contributed by atoms with Crippen LogP contribution < -0.4 is 5.32 Å². The van der Waals surface area contributed by atoms with E-state index < -0.39 is 0 Å². The van der Waals surface area contributed by atoms with E-state index in [-0.39, 0.29) is 5.97 Å². The van der Waals surface area contributed by atoms with Crippen LogP contribution in [0.25, 0.3) is 0 Å². The molecule has 0 saturated carbocycles. The van der Waals surface area contributed by atoms with Gasteiger partial charge in [0.15, 0.2) is 0 Å². The van der Waals surface area contributed by atoms with Crippen molar-refractivity contribution in [2.45, 2.75) is 38.1 Å². The number of esters is 1. The minimum Gasteiger partial charge on any atom is -0.469 e.